The van der Waals surface area contributed by atoms with Gasteiger partial charge in [0.2, 0.25) is 10.0 Å². The molecule has 7 nitrogen and oxygen atoms in total. The summed E-state index contributed by atoms with van der Waals surface area (Å²) in [4.78, 5) is 15.1. The van der Waals surface area contributed by atoms with E-state index in [9.17, 15) is 13.2 Å². The van der Waals surface area contributed by atoms with Crippen molar-refractivity contribution in [3.63, 3.8) is 0 Å². The van der Waals surface area contributed by atoms with Crippen molar-refractivity contribution in [3.05, 3.63) is 23.8 Å². The molecule has 3 N–H and O–H groups in total. The highest BCUT2D eigenvalue weighted by Gasteiger charge is 2.26. The molecule has 160 valence electrons. The third kappa shape index (κ3) is 5.83. The molecule has 9 heteroatoms. The average molecular weight is 433 g/mol. The Hall–Kier alpha value is -1.35. The summed E-state index contributed by atoms with van der Waals surface area (Å²) < 4.78 is 27.1. The highest BCUT2D eigenvalue weighted by molar-refractivity contribution is 7.89. The number of hydrogen-bond donors (Lipinski definition) is 2. The second-order valence-corrected chi connectivity index (χ2v) is 8.65. The molecule has 0 radical (unpaired) electrons. The first-order valence-corrected chi connectivity index (χ1v) is 11.3. The van der Waals surface area contributed by atoms with Crippen LogP contribution < -0.4 is 16.0 Å². The number of carbonyl (C=O) groups excluding carboxylic acids is 1. The minimum Gasteiger partial charge on any atom is -0.371 e. The largest absolute Gasteiger partial charge is 0.371 e. The molecule has 0 aliphatic carbocycles. The molecular formula is C19H33ClN4O3S. The maximum absolute atomic E-state index is 12.9. The number of halogens is 1. The van der Waals surface area contributed by atoms with Crippen LogP contribution in [0.2, 0.25) is 0 Å². The molecule has 0 atom stereocenters. The van der Waals surface area contributed by atoms with Crippen molar-refractivity contribution < 1.29 is 13.2 Å². The highest BCUT2D eigenvalue weighted by atomic mass is 35.5. The molecule has 0 unspecified atom stereocenters. The smallest absolute Gasteiger partial charge is 0.253 e. The number of anilines is 1. The van der Waals surface area contributed by atoms with Gasteiger partial charge in [0.05, 0.1) is 10.5 Å². The molecule has 2 rings (SSSR count). The fourth-order valence-corrected chi connectivity index (χ4v) is 4.86. The summed E-state index contributed by atoms with van der Waals surface area (Å²) in [5.41, 5.74) is 6.73. The van der Waals surface area contributed by atoms with Gasteiger partial charge < -0.3 is 16.0 Å². The number of hydrogen-bond acceptors (Lipinski definition) is 5. The van der Waals surface area contributed by atoms with Crippen molar-refractivity contribution in [3.8, 4) is 0 Å². The predicted octanol–water partition coefficient (Wildman–Crippen LogP) is 2.21. The lowest BCUT2D eigenvalue weighted by atomic mass is 10.1. The van der Waals surface area contributed by atoms with Crippen LogP contribution in [-0.4, -0.2) is 57.9 Å². The van der Waals surface area contributed by atoms with E-state index in [1.807, 2.05) is 13.8 Å². The Balaban J connectivity index is 0.00000392. The van der Waals surface area contributed by atoms with Gasteiger partial charge in [-0.2, -0.15) is 4.31 Å². The van der Waals surface area contributed by atoms with Gasteiger partial charge in [0.15, 0.2) is 0 Å². The fraction of sp³-hybridized carbons (Fsp3) is 0.632. The van der Waals surface area contributed by atoms with E-state index in [0.717, 1.165) is 44.5 Å². The Morgan fingerprint density at radius 1 is 1.18 bits per heavy atom. The number of nitrogens with two attached hydrogens (primary N) is 1. The summed E-state index contributed by atoms with van der Waals surface area (Å²) in [6, 6.07) is 4.92. The van der Waals surface area contributed by atoms with Crippen molar-refractivity contribution >= 4 is 34.0 Å². The third-order valence-electron chi connectivity index (χ3n) is 4.92. The first-order chi connectivity index (χ1) is 13.0. The lowest BCUT2D eigenvalue weighted by molar-refractivity contribution is 0.0953. The minimum atomic E-state index is -3.61. The van der Waals surface area contributed by atoms with Gasteiger partial charge in [-0.25, -0.2) is 8.42 Å². The molecule has 1 aromatic rings. The van der Waals surface area contributed by atoms with Crippen LogP contribution in [0.3, 0.4) is 0 Å². The van der Waals surface area contributed by atoms with Crippen LogP contribution in [0, 0.1) is 0 Å². The Morgan fingerprint density at radius 2 is 1.82 bits per heavy atom. The van der Waals surface area contributed by atoms with E-state index >= 15 is 0 Å². The van der Waals surface area contributed by atoms with Gasteiger partial charge in [-0.3, -0.25) is 4.79 Å². The number of nitrogens with one attached hydrogen (secondary N) is 1. The zero-order valence-corrected chi connectivity index (χ0v) is 18.4. The summed E-state index contributed by atoms with van der Waals surface area (Å²) in [6.07, 6.45) is 3.81. The Labute approximate surface area is 175 Å². The van der Waals surface area contributed by atoms with Crippen LogP contribution in [0.4, 0.5) is 5.69 Å². The number of benzene rings is 1. The second kappa shape index (κ2) is 11.6. The van der Waals surface area contributed by atoms with E-state index in [2.05, 4.69) is 10.2 Å². The van der Waals surface area contributed by atoms with Crippen molar-refractivity contribution in [1.29, 1.82) is 0 Å². The molecule has 1 amide bonds. The van der Waals surface area contributed by atoms with Crippen LogP contribution in [0.25, 0.3) is 0 Å². The topological polar surface area (TPSA) is 95.7 Å². The monoisotopic (exact) mass is 432 g/mol. The number of unbranched alkanes of at least 4 members (excludes halogenated alkanes) is 1. The minimum absolute atomic E-state index is 0. The molecule has 0 saturated carbocycles. The Bertz CT molecular complexity index is 733. The zero-order chi connectivity index (χ0) is 19.9. The number of rotatable bonds is 10. The van der Waals surface area contributed by atoms with E-state index < -0.39 is 10.0 Å². The molecule has 28 heavy (non-hydrogen) atoms. The van der Waals surface area contributed by atoms with Crippen molar-refractivity contribution in [2.24, 2.45) is 5.73 Å². The number of carbonyl (C=O) groups is 1. The van der Waals surface area contributed by atoms with E-state index in [0.29, 0.717) is 31.7 Å². The molecule has 1 aliphatic heterocycles. The van der Waals surface area contributed by atoms with E-state index in [-0.39, 0.29) is 23.2 Å². The Kier molecular flexibility index (Phi) is 10.2. The summed E-state index contributed by atoms with van der Waals surface area (Å²) in [5.74, 6) is -0.231. The number of nitrogens with zero attached hydrogens (tertiary/aromatic N) is 2. The third-order valence-corrected chi connectivity index (χ3v) is 6.96. The summed E-state index contributed by atoms with van der Waals surface area (Å²) in [7, 11) is -3.61. The average Bonchev–Trinajstić information content (AvgIpc) is 3.20. The van der Waals surface area contributed by atoms with Gasteiger partial charge in [0.25, 0.3) is 5.91 Å². The van der Waals surface area contributed by atoms with E-state index in [1.54, 1.807) is 12.1 Å². The van der Waals surface area contributed by atoms with Gasteiger partial charge in [-0.15, -0.1) is 12.4 Å². The maximum atomic E-state index is 12.9. The molecule has 0 bridgehead atoms. The molecule has 1 aromatic carbocycles. The van der Waals surface area contributed by atoms with Crippen LogP contribution in [0.15, 0.2) is 23.1 Å². The molecule has 0 spiro atoms. The second-order valence-electron chi connectivity index (χ2n) is 6.71. The first-order valence-electron chi connectivity index (χ1n) is 9.83. The number of amides is 1. The summed E-state index contributed by atoms with van der Waals surface area (Å²) in [6.45, 7) is 7.30. The molecule has 1 saturated heterocycles. The molecule has 0 aromatic heterocycles. The fourth-order valence-electron chi connectivity index (χ4n) is 3.37. The lowest BCUT2D eigenvalue weighted by Crippen LogP contribution is -2.32. The molecular weight excluding hydrogens is 400 g/mol. The van der Waals surface area contributed by atoms with Crippen molar-refractivity contribution in [1.82, 2.24) is 9.62 Å². The van der Waals surface area contributed by atoms with E-state index in [4.69, 9.17) is 5.73 Å². The van der Waals surface area contributed by atoms with Crippen molar-refractivity contribution in [2.75, 3.05) is 44.2 Å². The van der Waals surface area contributed by atoms with E-state index in [1.165, 1.54) is 10.4 Å². The quantitative estimate of drug-likeness (QED) is 0.552. The molecule has 1 aliphatic rings. The summed E-state index contributed by atoms with van der Waals surface area (Å²) in [5, 5.41) is 2.90. The SMILES string of the molecule is CCN(CC)S(=O)(=O)c1ccc(N2CCCC2)c(C(=O)NCCCCN)c1.Cl. The normalized spacial score (nSPS) is 14.2. The van der Waals surface area contributed by atoms with Crippen LogP contribution in [-0.2, 0) is 10.0 Å². The molecule has 1 fully saturated rings. The lowest BCUT2D eigenvalue weighted by Gasteiger charge is -2.23. The van der Waals surface area contributed by atoms with Gasteiger partial charge >= 0.3 is 0 Å². The maximum Gasteiger partial charge on any atom is 0.253 e. The highest BCUT2D eigenvalue weighted by Crippen LogP contribution is 2.28. The van der Waals surface area contributed by atoms with Crippen molar-refractivity contribution in [2.45, 2.75) is 44.4 Å². The van der Waals surface area contributed by atoms with Gasteiger partial charge in [-0.1, -0.05) is 13.8 Å². The predicted molar refractivity (Wildman–Crippen MR) is 116 cm³/mol. The van der Waals surface area contributed by atoms with Crippen LogP contribution in [0.1, 0.15) is 49.9 Å². The number of sulfonamides is 1. The van der Waals surface area contributed by atoms with Gasteiger partial charge in [0, 0.05) is 38.4 Å². The standard InChI is InChI=1S/C19H32N4O3S.ClH/c1-3-23(4-2)27(25,26)16-9-10-18(22-13-7-8-14-22)17(15-16)19(24)21-12-6-5-11-20;/h9-10,15H,3-8,11-14,20H2,1-2H3,(H,21,24);1H. The molecule has 1 heterocycles. The zero-order valence-electron chi connectivity index (χ0n) is 16.8. The summed E-state index contributed by atoms with van der Waals surface area (Å²) >= 11 is 0. The van der Waals surface area contributed by atoms with Crippen LogP contribution in [0.5, 0.6) is 0 Å². The first kappa shape index (κ1) is 24.7. The van der Waals surface area contributed by atoms with Gasteiger partial charge in [0.1, 0.15) is 0 Å². The van der Waals surface area contributed by atoms with Crippen LogP contribution >= 0.6 is 12.4 Å². The Morgan fingerprint density at radius 3 is 2.39 bits per heavy atom. The van der Waals surface area contributed by atoms with Gasteiger partial charge in [-0.05, 0) is 50.4 Å².